The third-order valence-electron chi connectivity index (χ3n) is 2.98. The molecule has 112 valence electrons. The average molecular weight is 310 g/mol. The number of methoxy groups -OCH3 is 1. The molecule has 0 saturated carbocycles. The van der Waals surface area contributed by atoms with Gasteiger partial charge in [0.2, 0.25) is 0 Å². The number of nitrogens with zero attached hydrogens (tertiary/aromatic N) is 2. The van der Waals surface area contributed by atoms with Crippen molar-refractivity contribution in [2.24, 2.45) is 0 Å². The fraction of sp³-hybridized carbons (Fsp3) is 0.214. The minimum Gasteiger partial charge on any atom is -0.494 e. The Morgan fingerprint density at radius 2 is 1.95 bits per heavy atom. The van der Waals surface area contributed by atoms with Gasteiger partial charge < -0.3 is 4.74 Å². The zero-order valence-corrected chi connectivity index (χ0v) is 12.7. The van der Waals surface area contributed by atoms with Gasteiger partial charge in [-0.2, -0.15) is 0 Å². The molecule has 2 rings (SSSR count). The molecule has 21 heavy (non-hydrogen) atoms. The lowest BCUT2D eigenvalue weighted by atomic mass is 10.3. The maximum atomic E-state index is 13.4. The van der Waals surface area contributed by atoms with E-state index in [0.29, 0.717) is 11.5 Å². The van der Waals surface area contributed by atoms with Gasteiger partial charge in [-0.1, -0.05) is 6.07 Å². The second-order valence-corrected chi connectivity index (χ2v) is 6.38. The summed E-state index contributed by atoms with van der Waals surface area (Å²) in [6.45, 7) is 1.77. The van der Waals surface area contributed by atoms with Crippen LogP contribution < -0.4 is 9.04 Å². The predicted molar refractivity (Wildman–Crippen MR) is 77.5 cm³/mol. The number of halogens is 1. The Kier molecular flexibility index (Phi) is 4.13. The maximum Gasteiger partial charge on any atom is 0.265 e. The van der Waals surface area contributed by atoms with E-state index in [9.17, 15) is 12.8 Å². The molecule has 0 spiro atoms. The van der Waals surface area contributed by atoms with Crippen molar-refractivity contribution in [3.8, 4) is 5.75 Å². The highest BCUT2D eigenvalue weighted by Crippen LogP contribution is 2.25. The average Bonchev–Trinajstić information content (AvgIpc) is 2.46. The van der Waals surface area contributed by atoms with Crippen LogP contribution >= 0.6 is 0 Å². The lowest BCUT2D eigenvalue weighted by Crippen LogP contribution is -2.27. The van der Waals surface area contributed by atoms with Crippen LogP contribution in [-0.4, -0.2) is 27.6 Å². The van der Waals surface area contributed by atoms with E-state index in [1.807, 2.05) is 0 Å². The lowest BCUT2D eigenvalue weighted by Gasteiger charge is -2.19. The van der Waals surface area contributed by atoms with E-state index in [-0.39, 0.29) is 10.6 Å². The van der Waals surface area contributed by atoms with Gasteiger partial charge in [-0.25, -0.2) is 17.8 Å². The summed E-state index contributed by atoms with van der Waals surface area (Å²) in [5.41, 5.74) is 0.700. The van der Waals surface area contributed by atoms with Crippen LogP contribution in [0, 0.1) is 12.7 Å². The molecular formula is C14H15FN2O3S. The molecule has 0 aliphatic rings. The number of benzene rings is 1. The summed E-state index contributed by atoms with van der Waals surface area (Å²) >= 11 is 0. The number of rotatable bonds is 4. The highest BCUT2D eigenvalue weighted by Gasteiger charge is 2.23. The molecule has 0 aliphatic carbocycles. The zero-order chi connectivity index (χ0) is 15.6. The molecule has 0 unspecified atom stereocenters. The number of hydrogen-bond acceptors (Lipinski definition) is 4. The molecule has 0 fully saturated rings. The van der Waals surface area contributed by atoms with Crippen molar-refractivity contribution in [2.75, 3.05) is 18.5 Å². The van der Waals surface area contributed by atoms with Crippen molar-refractivity contribution >= 4 is 15.8 Å². The van der Waals surface area contributed by atoms with Crippen LogP contribution in [0.4, 0.5) is 10.2 Å². The summed E-state index contributed by atoms with van der Waals surface area (Å²) in [4.78, 5) is 4.10. The van der Waals surface area contributed by atoms with Gasteiger partial charge in [0.05, 0.1) is 12.0 Å². The van der Waals surface area contributed by atoms with E-state index in [4.69, 9.17) is 4.74 Å². The summed E-state index contributed by atoms with van der Waals surface area (Å²) in [7, 11) is -1.16. The van der Waals surface area contributed by atoms with Gasteiger partial charge in [0.15, 0.2) is 11.6 Å². The molecule has 1 heterocycles. The van der Waals surface area contributed by atoms with Gasteiger partial charge in [0.1, 0.15) is 5.82 Å². The molecule has 1 aromatic carbocycles. The molecule has 0 bridgehead atoms. The molecule has 0 amide bonds. The highest BCUT2D eigenvalue weighted by molar-refractivity contribution is 7.92. The molecule has 0 saturated heterocycles. The van der Waals surface area contributed by atoms with Crippen molar-refractivity contribution in [1.82, 2.24) is 4.98 Å². The van der Waals surface area contributed by atoms with E-state index in [1.165, 1.54) is 20.2 Å². The quantitative estimate of drug-likeness (QED) is 0.870. The van der Waals surface area contributed by atoms with Crippen molar-refractivity contribution in [1.29, 1.82) is 0 Å². The summed E-state index contributed by atoms with van der Waals surface area (Å²) in [5, 5.41) is 0. The molecule has 2 aromatic rings. The molecular weight excluding hydrogens is 295 g/mol. The second-order valence-electron chi connectivity index (χ2n) is 4.41. The van der Waals surface area contributed by atoms with Gasteiger partial charge in [-0.05, 0) is 31.2 Å². The fourth-order valence-electron chi connectivity index (χ4n) is 1.79. The summed E-state index contributed by atoms with van der Waals surface area (Å²) in [6, 6.07) is 8.48. The Bertz CT molecular complexity index is 763. The third kappa shape index (κ3) is 2.97. The molecule has 1 aromatic heterocycles. The number of ether oxygens (including phenoxy) is 1. The van der Waals surface area contributed by atoms with E-state index in [1.54, 1.807) is 25.1 Å². The second kappa shape index (κ2) is 5.69. The van der Waals surface area contributed by atoms with Gasteiger partial charge in [0.25, 0.3) is 10.0 Å². The van der Waals surface area contributed by atoms with Crippen LogP contribution in [0.5, 0.6) is 5.75 Å². The first kappa shape index (κ1) is 15.2. The first-order valence-electron chi connectivity index (χ1n) is 6.12. The standard InChI is InChI=1S/C14H15FN2O3S/c1-10-5-4-6-14(16-10)17(2)21(18,19)11-7-8-12(15)13(9-11)20-3/h4-9H,1-3H3. The van der Waals surface area contributed by atoms with Crippen molar-refractivity contribution < 1.29 is 17.5 Å². The van der Waals surface area contributed by atoms with Crippen LogP contribution in [0.3, 0.4) is 0 Å². The third-order valence-corrected chi connectivity index (χ3v) is 4.74. The minimum atomic E-state index is -3.83. The SMILES string of the molecule is COc1cc(S(=O)(=O)N(C)c2cccc(C)n2)ccc1F. The fourth-order valence-corrected chi connectivity index (χ4v) is 2.95. The number of aromatic nitrogens is 1. The Hall–Kier alpha value is -2.15. The molecule has 0 atom stereocenters. The van der Waals surface area contributed by atoms with Gasteiger partial charge in [-0.15, -0.1) is 0 Å². The van der Waals surface area contributed by atoms with Crippen LogP contribution in [0.25, 0.3) is 0 Å². The Morgan fingerprint density at radius 3 is 2.57 bits per heavy atom. The van der Waals surface area contributed by atoms with E-state index < -0.39 is 15.8 Å². The smallest absolute Gasteiger partial charge is 0.265 e. The zero-order valence-electron chi connectivity index (χ0n) is 11.9. The maximum absolute atomic E-state index is 13.4. The molecule has 5 nitrogen and oxygen atoms in total. The Balaban J connectivity index is 2.46. The number of hydrogen-bond donors (Lipinski definition) is 0. The largest absolute Gasteiger partial charge is 0.494 e. The van der Waals surface area contributed by atoms with Gasteiger partial charge >= 0.3 is 0 Å². The highest BCUT2D eigenvalue weighted by atomic mass is 32.2. The first-order chi connectivity index (χ1) is 9.86. The summed E-state index contributed by atoms with van der Waals surface area (Å²) < 4.78 is 44.3. The Morgan fingerprint density at radius 1 is 1.24 bits per heavy atom. The Labute approximate surface area is 123 Å². The van der Waals surface area contributed by atoms with Crippen LogP contribution in [0.2, 0.25) is 0 Å². The number of sulfonamides is 1. The van der Waals surface area contributed by atoms with E-state index >= 15 is 0 Å². The number of aryl methyl sites for hydroxylation is 1. The summed E-state index contributed by atoms with van der Waals surface area (Å²) in [6.07, 6.45) is 0. The molecule has 0 aliphatic heterocycles. The van der Waals surface area contributed by atoms with Crippen molar-refractivity contribution in [3.63, 3.8) is 0 Å². The van der Waals surface area contributed by atoms with E-state index in [2.05, 4.69) is 4.98 Å². The number of pyridine rings is 1. The van der Waals surface area contributed by atoms with E-state index in [0.717, 1.165) is 16.4 Å². The van der Waals surface area contributed by atoms with Crippen molar-refractivity contribution in [3.05, 3.63) is 47.9 Å². The summed E-state index contributed by atoms with van der Waals surface area (Å²) in [5.74, 6) is -0.451. The molecule has 0 radical (unpaired) electrons. The predicted octanol–water partition coefficient (Wildman–Crippen LogP) is 2.36. The normalized spacial score (nSPS) is 11.2. The number of anilines is 1. The van der Waals surface area contributed by atoms with Crippen LogP contribution in [0.1, 0.15) is 5.69 Å². The molecule has 7 heteroatoms. The molecule has 0 N–H and O–H groups in total. The van der Waals surface area contributed by atoms with Crippen LogP contribution in [-0.2, 0) is 10.0 Å². The minimum absolute atomic E-state index is 0.0634. The van der Waals surface area contributed by atoms with Gasteiger partial charge in [-0.3, -0.25) is 4.31 Å². The van der Waals surface area contributed by atoms with Crippen molar-refractivity contribution in [2.45, 2.75) is 11.8 Å². The van der Waals surface area contributed by atoms with Gasteiger partial charge in [0, 0.05) is 18.8 Å². The first-order valence-corrected chi connectivity index (χ1v) is 7.56. The van der Waals surface area contributed by atoms with Crippen LogP contribution in [0.15, 0.2) is 41.3 Å². The topological polar surface area (TPSA) is 59.5 Å². The monoisotopic (exact) mass is 310 g/mol. The lowest BCUT2D eigenvalue weighted by molar-refractivity contribution is 0.385.